The summed E-state index contributed by atoms with van der Waals surface area (Å²) in [5, 5.41) is 3.15. The van der Waals surface area contributed by atoms with Gasteiger partial charge in [0.2, 0.25) is 0 Å². The van der Waals surface area contributed by atoms with E-state index >= 15 is 0 Å². The number of aromatic nitrogens is 2. The minimum atomic E-state index is -0.298. The van der Waals surface area contributed by atoms with Crippen LogP contribution < -0.4 is 5.56 Å². The minimum absolute atomic E-state index is 0.0861. The first-order valence-corrected chi connectivity index (χ1v) is 9.07. The lowest BCUT2D eigenvalue weighted by atomic mass is 10.1. The van der Waals surface area contributed by atoms with Gasteiger partial charge in [-0.1, -0.05) is 23.9 Å². The molecular weight excluding hydrogens is 335 g/mol. The van der Waals surface area contributed by atoms with Crippen molar-refractivity contribution < 1.29 is 9.13 Å². The number of benzene rings is 1. The molecule has 0 unspecified atom stereocenters. The topological polar surface area (TPSA) is 44.1 Å². The second kappa shape index (κ2) is 6.82. The molecule has 120 valence electrons. The van der Waals surface area contributed by atoms with Gasteiger partial charge in [0.15, 0.2) is 5.16 Å². The quantitative estimate of drug-likeness (QED) is 0.521. The number of hydrogen-bond acceptors (Lipinski definition) is 5. The van der Waals surface area contributed by atoms with Crippen molar-refractivity contribution in [1.29, 1.82) is 0 Å². The van der Waals surface area contributed by atoms with Crippen LogP contribution in [0.25, 0.3) is 21.3 Å². The Bertz CT molecular complexity index is 887. The molecule has 3 rings (SSSR count). The van der Waals surface area contributed by atoms with Crippen LogP contribution in [0.3, 0.4) is 0 Å². The molecule has 0 bridgehead atoms. The molecule has 3 aromatic rings. The number of hydrogen-bond donors (Lipinski definition) is 0. The number of halogens is 1. The molecule has 0 spiro atoms. The maximum absolute atomic E-state index is 13.1. The monoisotopic (exact) mass is 350 g/mol. The van der Waals surface area contributed by atoms with Crippen molar-refractivity contribution in [1.82, 2.24) is 9.55 Å². The number of rotatable bonds is 5. The highest BCUT2D eigenvalue weighted by Crippen LogP contribution is 2.32. The molecule has 0 atom stereocenters. The van der Waals surface area contributed by atoms with Crippen molar-refractivity contribution in [2.24, 2.45) is 0 Å². The standard InChI is InChI=1S/C16H15FN2O2S2/c1-21-8-7-19-15(20)13-12(10-3-5-11(17)6-4-10)9-23-14(13)18-16(19)22-2/h3-6,9H,7-8H2,1-2H3. The van der Waals surface area contributed by atoms with Gasteiger partial charge in [0.05, 0.1) is 18.5 Å². The van der Waals surface area contributed by atoms with Crippen LogP contribution >= 0.6 is 23.1 Å². The highest BCUT2D eigenvalue weighted by Gasteiger charge is 2.16. The Morgan fingerprint density at radius 2 is 2.09 bits per heavy atom. The summed E-state index contributed by atoms with van der Waals surface area (Å²) in [5.74, 6) is -0.298. The molecule has 4 nitrogen and oxygen atoms in total. The zero-order valence-corrected chi connectivity index (χ0v) is 14.3. The first kappa shape index (κ1) is 16.2. The highest BCUT2D eigenvalue weighted by atomic mass is 32.2. The van der Waals surface area contributed by atoms with E-state index in [0.717, 1.165) is 11.1 Å². The molecule has 0 aliphatic carbocycles. The van der Waals surface area contributed by atoms with Gasteiger partial charge in [-0.2, -0.15) is 0 Å². The van der Waals surface area contributed by atoms with Gasteiger partial charge in [0, 0.05) is 18.1 Å². The number of thioether (sulfide) groups is 1. The Morgan fingerprint density at radius 3 is 2.74 bits per heavy atom. The zero-order chi connectivity index (χ0) is 16.4. The molecule has 0 amide bonds. The molecule has 0 aliphatic heterocycles. The number of fused-ring (bicyclic) bond motifs is 1. The Labute approximate surface area is 140 Å². The van der Waals surface area contributed by atoms with E-state index in [2.05, 4.69) is 4.98 Å². The van der Waals surface area contributed by atoms with Crippen LogP contribution in [0.2, 0.25) is 0 Å². The van der Waals surface area contributed by atoms with E-state index in [4.69, 9.17) is 4.74 Å². The fourth-order valence-corrected chi connectivity index (χ4v) is 3.96. The summed E-state index contributed by atoms with van der Waals surface area (Å²) < 4.78 is 19.9. The second-order valence-corrected chi connectivity index (χ2v) is 6.52. The van der Waals surface area contributed by atoms with Gasteiger partial charge >= 0.3 is 0 Å². The summed E-state index contributed by atoms with van der Waals surface area (Å²) in [6.07, 6.45) is 1.89. The Kier molecular flexibility index (Phi) is 4.79. The normalized spacial score (nSPS) is 11.3. The van der Waals surface area contributed by atoms with Gasteiger partial charge in [0.1, 0.15) is 10.6 Å². The molecule has 7 heteroatoms. The number of methoxy groups -OCH3 is 1. The maximum Gasteiger partial charge on any atom is 0.263 e. The molecule has 0 saturated heterocycles. The van der Waals surface area contributed by atoms with E-state index in [1.54, 1.807) is 23.8 Å². The molecule has 23 heavy (non-hydrogen) atoms. The minimum Gasteiger partial charge on any atom is -0.383 e. The van der Waals surface area contributed by atoms with Crippen LogP contribution in [0, 0.1) is 5.82 Å². The lowest BCUT2D eigenvalue weighted by Crippen LogP contribution is -2.24. The van der Waals surface area contributed by atoms with Crippen molar-refractivity contribution in [3.63, 3.8) is 0 Å². The van der Waals surface area contributed by atoms with E-state index in [0.29, 0.717) is 28.5 Å². The SMILES string of the molecule is COCCn1c(SC)nc2scc(-c3ccc(F)cc3)c2c1=O. The van der Waals surface area contributed by atoms with Crippen LogP contribution in [-0.2, 0) is 11.3 Å². The van der Waals surface area contributed by atoms with E-state index in [-0.39, 0.29) is 11.4 Å². The van der Waals surface area contributed by atoms with E-state index in [9.17, 15) is 9.18 Å². The second-order valence-electron chi connectivity index (χ2n) is 4.88. The fourth-order valence-electron chi connectivity index (χ4n) is 2.38. The van der Waals surface area contributed by atoms with Crippen LogP contribution in [0.1, 0.15) is 0 Å². The van der Waals surface area contributed by atoms with Gasteiger partial charge in [-0.3, -0.25) is 9.36 Å². The Hall–Kier alpha value is -1.70. The van der Waals surface area contributed by atoms with E-state index in [1.165, 1.54) is 35.2 Å². The molecule has 1 aromatic carbocycles. The van der Waals surface area contributed by atoms with Crippen molar-refractivity contribution in [3.8, 4) is 11.1 Å². The first-order valence-electron chi connectivity index (χ1n) is 6.96. The van der Waals surface area contributed by atoms with Crippen molar-refractivity contribution in [3.05, 3.63) is 45.8 Å². The third kappa shape index (κ3) is 3.04. The van der Waals surface area contributed by atoms with Crippen molar-refractivity contribution in [2.45, 2.75) is 11.7 Å². The van der Waals surface area contributed by atoms with Crippen molar-refractivity contribution >= 4 is 33.3 Å². The molecule has 0 saturated carbocycles. The van der Waals surface area contributed by atoms with Crippen LogP contribution in [0.4, 0.5) is 4.39 Å². The smallest absolute Gasteiger partial charge is 0.263 e. The number of nitrogens with zero attached hydrogens (tertiary/aromatic N) is 2. The lowest BCUT2D eigenvalue weighted by Gasteiger charge is -2.10. The summed E-state index contributed by atoms with van der Waals surface area (Å²) >= 11 is 2.86. The largest absolute Gasteiger partial charge is 0.383 e. The summed E-state index contributed by atoms with van der Waals surface area (Å²) in [6, 6.07) is 6.15. The Morgan fingerprint density at radius 1 is 1.35 bits per heavy atom. The van der Waals surface area contributed by atoms with Gasteiger partial charge in [0.25, 0.3) is 5.56 Å². The molecule has 0 aliphatic rings. The van der Waals surface area contributed by atoms with E-state index in [1.807, 2.05) is 11.6 Å². The molecule has 2 aromatic heterocycles. The fraction of sp³-hybridized carbons (Fsp3) is 0.250. The predicted molar refractivity (Wildman–Crippen MR) is 92.9 cm³/mol. The van der Waals surface area contributed by atoms with Crippen molar-refractivity contribution in [2.75, 3.05) is 20.0 Å². The lowest BCUT2D eigenvalue weighted by molar-refractivity contribution is 0.183. The first-order chi connectivity index (χ1) is 11.2. The van der Waals surface area contributed by atoms with E-state index < -0.39 is 0 Å². The average molecular weight is 350 g/mol. The summed E-state index contributed by atoms with van der Waals surface area (Å²) in [7, 11) is 1.60. The molecule has 0 radical (unpaired) electrons. The highest BCUT2D eigenvalue weighted by molar-refractivity contribution is 7.98. The predicted octanol–water partition coefficient (Wildman–Crippen LogP) is 3.63. The Balaban J connectivity index is 2.22. The van der Waals surface area contributed by atoms with Crippen LogP contribution in [0.5, 0.6) is 0 Å². The van der Waals surface area contributed by atoms with Gasteiger partial charge in [-0.05, 0) is 24.0 Å². The average Bonchev–Trinajstić information content (AvgIpc) is 2.98. The van der Waals surface area contributed by atoms with Gasteiger partial charge < -0.3 is 4.74 Å². The maximum atomic E-state index is 13.1. The summed E-state index contributed by atoms with van der Waals surface area (Å²) in [4.78, 5) is 18.2. The summed E-state index contributed by atoms with van der Waals surface area (Å²) in [6.45, 7) is 0.893. The summed E-state index contributed by atoms with van der Waals surface area (Å²) in [5.41, 5.74) is 1.52. The molecule has 0 N–H and O–H groups in total. The molecular formula is C16H15FN2O2S2. The zero-order valence-electron chi connectivity index (χ0n) is 12.7. The van der Waals surface area contributed by atoms with Crippen LogP contribution in [-0.4, -0.2) is 29.5 Å². The molecule has 2 heterocycles. The van der Waals surface area contributed by atoms with Gasteiger partial charge in [-0.15, -0.1) is 11.3 Å². The number of thiophene rings is 1. The third-order valence-corrected chi connectivity index (χ3v) is 5.06. The molecule has 0 fully saturated rings. The van der Waals surface area contributed by atoms with Gasteiger partial charge in [-0.25, -0.2) is 9.37 Å². The number of ether oxygens (including phenoxy) is 1. The third-order valence-electron chi connectivity index (χ3n) is 3.52. The van der Waals surface area contributed by atoms with Crippen LogP contribution in [0.15, 0.2) is 39.6 Å².